The molecular weight excluding hydrogens is 436 g/mol. The standard InChI is InChI=1S/C23H21ClN2O4S/c1-4-19(23(27)28)20-21(25-14(2)26-22(20)31-3)30-18-10-6-9-17(12-18)29-13-15-7-5-8-16(24)11-15/h4-12H,13H2,1-3H3,(H,27,28). The van der Waals surface area contributed by atoms with Gasteiger partial charge < -0.3 is 14.6 Å². The maximum Gasteiger partial charge on any atom is 0.336 e. The summed E-state index contributed by atoms with van der Waals surface area (Å²) in [4.78, 5) is 20.5. The highest BCUT2D eigenvalue weighted by atomic mass is 35.5. The number of aryl methyl sites for hydroxylation is 1. The van der Waals surface area contributed by atoms with Crippen LogP contribution in [0.2, 0.25) is 5.02 Å². The van der Waals surface area contributed by atoms with Crippen molar-refractivity contribution in [1.82, 2.24) is 9.97 Å². The molecule has 0 radical (unpaired) electrons. The summed E-state index contributed by atoms with van der Waals surface area (Å²) < 4.78 is 11.9. The SMILES string of the molecule is CC=C(C(=O)O)c1c(Oc2cccc(OCc3cccc(Cl)c3)c2)nc(C)nc1SC. The molecule has 0 spiro atoms. The summed E-state index contributed by atoms with van der Waals surface area (Å²) >= 11 is 7.35. The molecule has 8 heteroatoms. The van der Waals surface area contributed by atoms with Crippen molar-refractivity contribution in [1.29, 1.82) is 0 Å². The number of carboxylic acids is 1. The number of thioether (sulfide) groups is 1. The second kappa shape index (κ2) is 10.3. The van der Waals surface area contributed by atoms with E-state index in [4.69, 9.17) is 21.1 Å². The van der Waals surface area contributed by atoms with Crippen LogP contribution in [0.25, 0.3) is 5.57 Å². The Morgan fingerprint density at radius 2 is 1.90 bits per heavy atom. The third-order valence-electron chi connectivity index (χ3n) is 4.25. The summed E-state index contributed by atoms with van der Waals surface area (Å²) in [5.41, 5.74) is 1.36. The Morgan fingerprint density at radius 1 is 1.16 bits per heavy atom. The van der Waals surface area contributed by atoms with E-state index in [1.54, 1.807) is 38.1 Å². The number of nitrogens with zero attached hydrogens (tertiary/aromatic N) is 2. The first-order valence-corrected chi connectivity index (χ1v) is 11.0. The van der Waals surface area contributed by atoms with Gasteiger partial charge in [0.15, 0.2) is 0 Å². The third kappa shape index (κ3) is 5.77. The second-order valence-corrected chi connectivity index (χ2v) is 7.69. The Balaban J connectivity index is 1.89. The van der Waals surface area contributed by atoms with Crippen LogP contribution in [0, 0.1) is 6.92 Å². The Bertz CT molecular complexity index is 1130. The average Bonchev–Trinajstić information content (AvgIpc) is 2.74. The van der Waals surface area contributed by atoms with Gasteiger partial charge in [-0.1, -0.05) is 35.9 Å². The van der Waals surface area contributed by atoms with Crippen LogP contribution in [-0.4, -0.2) is 27.3 Å². The van der Waals surface area contributed by atoms with Gasteiger partial charge in [-0.05, 0) is 49.9 Å². The number of carbonyl (C=O) groups is 1. The zero-order valence-corrected chi connectivity index (χ0v) is 18.8. The van der Waals surface area contributed by atoms with Gasteiger partial charge in [-0.2, -0.15) is 4.98 Å². The van der Waals surface area contributed by atoms with Crippen LogP contribution >= 0.6 is 23.4 Å². The molecule has 160 valence electrons. The van der Waals surface area contributed by atoms with E-state index in [0.29, 0.717) is 39.5 Å². The number of hydrogen-bond donors (Lipinski definition) is 1. The number of allylic oxidation sites excluding steroid dienone is 1. The maximum atomic E-state index is 11.8. The smallest absolute Gasteiger partial charge is 0.336 e. The highest BCUT2D eigenvalue weighted by Gasteiger charge is 2.23. The summed E-state index contributed by atoms with van der Waals surface area (Å²) in [7, 11) is 0. The lowest BCUT2D eigenvalue weighted by molar-refractivity contribution is -0.130. The minimum absolute atomic E-state index is 0.0766. The van der Waals surface area contributed by atoms with Crippen molar-refractivity contribution in [3.05, 3.63) is 76.6 Å². The monoisotopic (exact) mass is 456 g/mol. The highest BCUT2D eigenvalue weighted by molar-refractivity contribution is 7.98. The highest BCUT2D eigenvalue weighted by Crippen LogP contribution is 2.35. The summed E-state index contributed by atoms with van der Waals surface area (Å²) in [6.07, 6.45) is 3.34. The van der Waals surface area contributed by atoms with Gasteiger partial charge in [0.1, 0.15) is 29.0 Å². The van der Waals surface area contributed by atoms with E-state index in [1.165, 1.54) is 17.8 Å². The molecule has 1 heterocycles. The number of rotatable bonds is 8. The lowest BCUT2D eigenvalue weighted by atomic mass is 10.1. The van der Waals surface area contributed by atoms with E-state index in [2.05, 4.69) is 9.97 Å². The van der Waals surface area contributed by atoms with E-state index in [9.17, 15) is 9.90 Å². The van der Waals surface area contributed by atoms with E-state index in [1.807, 2.05) is 30.5 Å². The molecule has 31 heavy (non-hydrogen) atoms. The van der Waals surface area contributed by atoms with Gasteiger partial charge in [0, 0.05) is 11.1 Å². The Kier molecular flexibility index (Phi) is 7.55. The molecule has 2 aromatic carbocycles. The van der Waals surface area contributed by atoms with Gasteiger partial charge in [0.25, 0.3) is 0 Å². The lowest BCUT2D eigenvalue weighted by Gasteiger charge is -2.15. The molecule has 0 amide bonds. The topological polar surface area (TPSA) is 81.5 Å². The zero-order chi connectivity index (χ0) is 22.4. The quantitative estimate of drug-likeness (QED) is 0.252. The van der Waals surface area contributed by atoms with Crippen LogP contribution in [0.4, 0.5) is 0 Å². The van der Waals surface area contributed by atoms with Crippen LogP contribution < -0.4 is 9.47 Å². The first kappa shape index (κ1) is 22.7. The van der Waals surface area contributed by atoms with Crippen LogP contribution in [-0.2, 0) is 11.4 Å². The first-order chi connectivity index (χ1) is 14.9. The van der Waals surface area contributed by atoms with Crippen molar-refractivity contribution in [2.24, 2.45) is 0 Å². The van der Waals surface area contributed by atoms with Crippen molar-refractivity contribution in [3.8, 4) is 17.4 Å². The molecule has 0 saturated carbocycles. The fourth-order valence-electron chi connectivity index (χ4n) is 2.88. The van der Waals surface area contributed by atoms with Crippen molar-refractivity contribution < 1.29 is 19.4 Å². The number of carboxylic acid groups (broad SMARTS) is 1. The number of aliphatic carboxylic acids is 1. The predicted molar refractivity (Wildman–Crippen MR) is 122 cm³/mol. The van der Waals surface area contributed by atoms with Gasteiger partial charge in [-0.25, -0.2) is 9.78 Å². The summed E-state index contributed by atoms with van der Waals surface area (Å²) in [5, 5.41) is 10.8. The largest absolute Gasteiger partial charge is 0.489 e. The number of benzene rings is 2. The molecule has 0 atom stereocenters. The van der Waals surface area contributed by atoms with E-state index >= 15 is 0 Å². The van der Waals surface area contributed by atoms with Gasteiger partial charge in [-0.15, -0.1) is 11.8 Å². The van der Waals surface area contributed by atoms with E-state index < -0.39 is 5.97 Å². The maximum absolute atomic E-state index is 11.8. The van der Waals surface area contributed by atoms with E-state index in [-0.39, 0.29) is 11.5 Å². The van der Waals surface area contributed by atoms with Crippen LogP contribution in [0.15, 0.2) is 59.6 Å². The first-order valence-electron chi connectivity index (χ1n) is 9.39. The molecule has 0 bridgehead atoms. The number of aromatic nitrogens is 2. The van der Waals surface area contributed by atoms with Crippen molar-refractivity contribution in [2.75, 3.05) is 6.26 Å². The van der Waals surface area contributed by atoms with E-state index in [0.717, 1.165) is 5.56 Å². The Morgan fingerprint density at radius 3 is 2.58 bits per heavy atom. The molecule has 3 aromatic rings. The van der Waals surface area contributed by atoms with Gasteiger partial charge in [-0.3, -0.25) is 0 Å². The molecule has 6 nitrogen and oxygen atoms in total. The molecule has 0 aliphatic carbocycles. The predicted octanol–water partition coefficient (Wildman–Crippen LogP) is 6.02. The van der Waals surface area contributed by atoms with Crippen LogP contribution in [0.5, 0.6) is 17.4 Å². The second-order valence-electron chi connectivity index (χ2n) is 6.46. The lowest BCUT2D eigenvalue weighted by Crippen LogP contribution is -2.07. The summed E-state index contributed by atoms with van der Waals surface area (Å²) in [5.74, 6) is 0.653. The Hall–Kier alpha value is -3.03. The average molecular weight is 457 g/mol. The summed E-state index contributed by atoms with van der Waals surface area (Å²) in [6.45, 7) is 3.73. The normalized spacial score (nSPS) is 11.3. The zero-order valence-electron chi connectivity index (χ0n) is 17.3. The van der Waals surface area contributed by atoms with Gasteiger partial charge in [0.2, 0.25) is 5.88 Å². The molecule has 1 aromatic heterocycles. The fourth-order valence-corrected chi connectivity index (χ4v) is 3.72. The molecule has 0 aliphatic heterocycles. The fraction of sp³-hybridized carbons (Fsp3) is 0.174. The minimum atomic E-state index is -1.08. The number of halogens is 1. The molecular formula is C23H21ClN2O4S. The molecule has 1 N–H and O–H groups in total. The summed E-state index contributed by atoms with van der Waals surface area (Å²) in [6, 6.07) is 14.5. The molecule has 0 unspecified atom stereocenters. The molecule has 0 aliphatic rings. The van der Waals surface area contributed by atoms with Gasteiger partial charge in [0.05, 0.1) is 11.1 Å². The number of hydrogen-bond acceptors (Lipinski definition) is 6. The molecule has 0 fully saturated rings. The third-order valence-corrected chi connectivity index (χ3v) is 5.17. The number of ether oxygens (including phenoxy) is 2. The minimum Gasteiger partial charge on any atom is -0.489 e. The molecule has 3 rings (SSSR count). The van der Waals surface area contributed by atoms with Crippen molar-refractivity contribution in [3.63, 3.8) is 0 Å². The van der Waals surface area contributed by atoms with Crippen molar-refractivity contribution >= 4 is 34.9 Å². The molecule has 0 saturated heterocycles. The Labute approximate surface area is 189 Å². The van der Waals surface area contributed by atoms with Crippen LogP contribution in [0.1, 0.15) is 23.9 Å². The van der Waals surface area contributed by atoms with Crippen LogP contribution in [0.3, 0.4) is 0 Å². The van der Waals surface area contributed by atoms with Crippen molar-refractivity contribution in [2.45, 2.75) is 25.5 Å². The van der Waals surface area contributed by atoms with Gasteiger partial charge >= 0.3 is 5.97 Å².